The first-order valence-electron chi connectivity index (χ1n) is 6.57. The second-order valence-corrected chi connectivity index (χ2v) is 4.85. The van der Waals surface area contributed by atoms with Gasteiger partial charge in [0.2, 0.25) is 0 Å². The molecule has 0 heterocycles. The van der Waals surface area contributed by atoms with E-state index in [0.717, 1.165) is 19.3 Å². The number of hydrogen-bond acceptors (Lipinski definition) is 4. The lowest BCUT2D eigenvalue weighted by Crippen LogP contribution is -2.40. The Kier molecular flexibility index (Phi) is 4.57. The van der Waals surface area contributed by atoms with Gasteiger partial charge in [-0.2, -0.15) is 0 Å². The molecule has 0 bridgehead atoms. The number of rotatable bonds is 4. The average molecular weight is 277 g/mol. The quantitative estimate of drug-likeness (QED) is 0.332. The summed E-state index contributed by atoms with van der Waals surface area (Å²) < 4.78 is 5.35. The number of ether oxygens (including phenoxy) is 1. The topological polar surface area (TPSA) is 96.9 Å². The number of carbonyl (C=O) groups is 1. The molecule has 1 aromatic carbocycles. The molecule has 1 aliphatic rings. The van der Waals surface area contributed by atoms with Gasteiger partial charge in [0.1, 0.15) is 0 Å². The Morgan fingerprint density at radius 1 is 1.35 bits per heavy atom. The van der Waals surface area contributed by atoms with Crippen molar-refractivity contribution >= 4 is 11.7 Å². The molecule has 1 aliphatic carbocycles. The van der Waals surface area contributed by atoms with Crippen LogP contribution in [0.3, 0.4) is 0 Å². The van der Waals surface area contributed by atoms with Crippen LogP contribution >= 0.6 is 0 Å². The molecule has 1 fully saturated rings. The van der Waals surface area contributed by atoms with E-state index in [1.54, 1.807) is 31.4 Å². The number of amidine groups is 1. The highest BCUT2D eigenvalue weighted by molar-refractivity contribution is 5.99. The van der Waals surface area contributed by atoms with E-state index in [0.29, 0.717) is 11.1 Å². The highest BCUT2D eigenvalue weighted by atomic mass is 16.5. The zero-order chi connectivity index (χ0) is 14.5. The molecule has 1 aromatic rings. The van der Waals surface area contributed by atoms with Gasteiger partial charge in [0.15, 0.2) is 5.84 Å². The average Bonchev–Trinajstić information content (AvgIpc) is 2.93. The van der Waals surface area contributed by atoms with Crippen LogP contribution in [0.2, 0.25) is 0 Å². The highest BCUT2D eigenvalue weighted by Gasteiger charge is 2.28. The predicted molar refractivity (Wildman–Crippen MR) is 74.9 cm³/mol. The normalized spacial score (nSPS) is 22.8. The lowest BCUT2D eigenvalue weighted by Gasteiger charge is -2.19. The summed E-state index contributed by atoms with van der Waals surface area (Å²) in [6, 6.07) is 6.66. The van der Waals surface area contributed by atoms with Crippen molar-refractivity contribution < 1.29 is 14.7 Å². The first-order chi connectivity index (χ1) is 9.65. The lowest BCUT2D eigenvalue weighted by molar-refractivity contribution is 0.0722. The molecule has 0 radical (unpaired) electrons. The second-order valence-electron chi connectivity index (χ2n) is 4.85. The van der Waals surface area contributed by atoms with Crippen LogP contribution in [0.15, 0.2) is 29.4 Å². The van der Waals surface area contributed by atoms with Crippen LogP contribution in [0.25, 0.3) is 0 Å². The Morgan fingerprint density at radius 2 is 2.00 bits per heavy atom. The molecule has 2 atom stereocenters. The fraction of sp³-hybridized carbons (Fsp3) is 0.429. The second kappa shape index (κ2) is 6.38. The third kappa shape index (κ3) is 3.08. The minimum atomic E-state index is -0.134. The fourth-order valence-electron chi connectivity index (χ4n) is 2.48. The van der Waals surface area contributed by atoms with Crippen LogP contribution in [-0.2, 0) is 4.74 Å². The van der Waals surface area contributed by atoms with Crippen molar-refractivity contribution in [3.63, 3.8) is 0 Å². The van der Waals surface area contributed by atoms with E-state index in [1.165, 1.54) is 0 Å². The van der Waals surface area contributed by atoms with Crippen molar-refractivity contribution in [1.29, 1.82) is 0 Å². The van der Waals surface area contributed by atoms with Crippen molar-refractivity contribution in [3.8, 4) is 0 Å². The third-order valence-electron chi connectivity index (χ3n) is 3.62. The summed E-state index contributed by atoms with van der Waals surface area (Å²) >= 11 is 0. The van der Waals surface area contributed by atoms with E-state index in [-0.39, 0.29) is 23.9 Å². The largest absolute Gasteiger partial charge is 0.409 e. The van der Waals surface area contributed by atoms with Crippen molar-refractivity contribution in [2.75, 3.05) is 7.11 Å². The molecule has 0 spiro atoms. The van der Waals surface area contributed by atoms with E-state index in [9.17, 15) is 4.79 Å². The molecular formula is C14H19N3O3. The smallest absolute Gasteiger partial charge is 0.251 e. The van der Waals surface area contributed by atoms with Gasteiger partial charge in [0.05, 0.1) is 12.1 Å². The third-order valence-corrected chi connectivity index (χ3v) is 3.62. The van der Waals surface area contributed by atoms with Crippen LogP contribution in [0.1, 0.15) is 35.2 Å². The van der Waals surface area contributed by atoms with Gasteiger partial charge >= 0.3 is 0 Å². The van der Waals surface area contributed by atoms with E-state index in [1.807, 2.05) is 0 Å². The predicted octanol–water partition coefficient (Wildman–Crippen LogP) is 1.08. The maximum Gasteiger partial charge on any atom is 0.251 e. The molecule has 20 heavy (non-hydrogen) atoms. The van der Waals surface area contributed by atoms with Crippen molar-refractivity contribution in [3.05, 3.63) is 35.4 Å². The number of carbonyl (C=O) groups excluding carboxylic acids is 1. The Bertz CT molecular complexity index is 499. The zero-order valence-electron chi connectivity index (χ0n) is 11.4. The number of nitrogens with zero attached hydrogens (tertiary/aromatic N) is 1. The van der Waals surface area contributed by atoms with Gasteiger partial charge in [-0.05, 0) is 31.4 Å². The number of nitrogens with one attached hydrogen (secondary N) is 1. The molecule has 0 saturated heterocycles. The summed E-state index contributed by atoms with van der Waals surface area (Å²) in [5.74, 6) is -0.114. The summed E-state index contributed by atoms with van der Waals surface area (Å²) in [4.78, 5) is 12.1. The summed E-state index contributed by atoms with van der Waals surface area (Å²) in [5.41, 5.74) is 6.58. The Hall–Kier alpha value is -2.08. The monoisotopic (exact) mass is 277 g/mol. The summed E-state index contributed by atoms with van der Waals surface area (Å²) in [6.07, 6.45) is 3.07. The first-order valence-corrected chi connectivity index (χ1v) is 6.57. The molecule has 0 aromatic heterocycles. The van der Waals surface area contributed by atoms with Gasteiger partial charge in [0, 0.05) is 18.2 Å². The Morgan fingerprint density at radius 3 is 2.60 bits per heavy atom. The minimum Gasteiger partial charge on any atom is -0.409 e. The maximum absolute atomic E-state index is 12.1. The van der Waals surface area contributed by atoms with Gasteiger partial charge in [0.25, 0.3) is 5.91 Å². The van der Waals surface area contributed by atoms with Crippen LogP contribution in [-0.4, -0.2) is 36.2 Å². The van der Waals surface area contributed by atoms with E-state index in [4.69, 9.17) is 15.7 Å². The molecule has 108 valence electrons. The van der Waals surface area contributed by atoms with Crippen molar-refractivity contribution in [2.45, 2.75) is 31.4 Å². The molecule has 6 nitrogen and oxygen atoms in total. The Labute approximate surface area is 117 Å². The van der Waals surface area contributed by atoms with Gasteiger partial charge in [-0.25, -0.2) is 0 Å². The van der Waals surface area contributed by atoms with Crippen LogP contribution in [0.4, 0.5) is 0 Å². The number of benzene rings is 1. The van der Waals surface area contributed by atoms with Crippen LogP contribution in [0, 0.1) is 0 Å². The lowest BCUT2D eigenvalue weighted by atomic mass is 10.1. The SMILES string of the molecule is COC1CCCC1NC(=O)c1ccc(C(N)=NO)cc1. The minimum absolute atomic E-state index is 0.0206. The van der Waals surface area contributed by atoms with E-state index in [2.05, 4.69) is 10.5 Å². The molecule has 1 saturated carbocycles. The first kappa shape index (κ1) is 14.3. The Balaban J connectivity index is 2.02. The van der Waals surface area contributed by atoms with E-state index >= 15 is 0 Å². The molecule has 2 rings (SSSR count). The maximum atomic E-state index is 12.1. The fourth-order valence-corrected chi connectivity index (χ4v) is 2.48. The molecular weight excluding hydrogens is 258 g/mol. The summed E-state index contributed by atoms with van der Waals surface area (Å²) in [5, 5.41) is 14.5. The van der Waals surface area contributed by atoms with Crippen LogP contribution < -0.4 is 11.1 Å². The number of hydrogen-bond donors (Lipinski definition) is 3. The number of nitrogens with two attached hydrogens (primary N) is 1. The van der Waals surface area contributed by atoms with Crippen molar-refractivity contribution in [1.82, 2.24) is 5.32 Å². The highest BCUT2D eigenvalue weighted by Crippen LogP contribution is 2.21. The van der Waals surface area contributed by atoms with Gasteiger partial charge in [-0.1, -0.05) is 17.3 Å². The standard InChI is InChI=1S/C14H19N3O3/c1-20-12-4-2-3-11(12)16-14(18)10-7-5-9(6-8-10)13(15)17-19/h5-8,11-12,19H,2-4H2,1H3,(H2,15,17)(H,16,18). The number of oxime groups is 1. The van der Waals surface area contributed by atoms with Gasteiger partial charge in [-0.15, -0.1) is 0 Å². The zero-order valence-corrected chi connectivity index (χ0v) is 11.4. The van der Waals surface area contributed by atoms with Crippen LogP contribution in [0.5, 0.6) is 0 Å². The number of amides is 1. The van der Waals surface area contributed by atoms with Gasteiger partial charge < -0.3 is 21.0 Å². The summed E-state index contributed by atoms with van der Waals surface area (Å²) in [7, 11) is 1.67. The summed E-state index contributed by atoms with van der Waals surface area (Å²) in [6.45, 7) is 0. The molecule has 1 amide bonds. The van der Waals surface area contributed by atoms with Gasteiger partial charge in [-0.3, -0.25) is 4.79 Å². The molecule has 4 N–H and O–H groups in total. The molecule has 2 unspecified atom stereocenters. The van der Waals surface area contributed by atoms with E-state index < -0.39 is 0 Å². The van der Waals surface area contributed by atoms with Crippen molar-refractivity contribution in [2.24, 2.45) is 10.9 Å². The molecule has 0 aliphatic heterocycles. The number of methoxy groups -OCH3 is 1. The molecule has 6 heteroatoms.